The smallest absolute Gasteiger partial charge is 0.303 e. The van der Waals surface area contributed by atoms with Gasteiger partial charge in [0.1, 0.15) is 0 Å². The molecule has 1 N–H and O–H groups in total. The number of carboxylic acid groups (broad SMARTS) is 1. The van der Waals surface area contributed by atoms with Crippen molar-refractivity contribution in [3.8, 4) is 0 Å². The van der Waals surface area contributed by atoms with Crippen LogP contribution in [0.15, 0.2) is 24.3 Å². The van der Waals surface area contributed by atoms with Gasteiger partial charge in [-0.05, 0) is 50.8 Å². The predicted octanol–water partition coefficient (Wildman–Crippen LogP) is 3.78. The van der Waals surface area contributed by atoms with Crippen molar-refractivity contribution in [3.63, 3.8) is 0 Å². The van der Waals surface area contributed by atoms with Gasteiger partial charge >= 0.3 is 5.97 Å². The van der Waals surface area contributed by atoms with Crippen molar-refractivity contribution in [1.29, 1.82) is 0 Å². The van der Waals surface area contributed by atoms with Crippen molar-refractivity contribution < 1.29 is 9.90 Å². The van der Waals surface area contributed by atoms with E-state index < -0.39 is 5.97 Å². The van der Waals surface area contributed by atoms with E-state index in [1.54, 1.807) is 0 Å². The van der Waals surface area contributed by atoms with E-state index in [0.29, 0.717) is 12.1 Å². The quantitative estimate of drug-likeness (QED) is 0.889. The number of benzene rings is 1. The van der Waals surface area contributed by atoms with Crippen LogP contribution in [0.4, 0.5) is 0 Å². The Bertz CT molecular complexity index is 458. The van der Waals surface area contributed by atoms with E-state index in [9.17, 15) is 4.79 Å². The third kappa shape index (κ3) is 3.60. The van der Waals surface area contributed by atoms with Crippen LogP contribution in [0.3, 0.4) is 0 Å². The molecule has 2 rings (SSSR count). The Hall–Kier alpha value is -1.35. The van der Waals surface area contributed by atoms with E-state index >= 15 is 0 Å². The lowest BCUT2D eigenvalue weighted by atomic mass is 9.93. The van der Waals surface area contributed by atoms with Gasteiger partial charge in [-0.15, -0.1) is 0 Å². The molecule has 20 heavy (non-hydrogen) atoms. The Kier molecular flexibility index (Phi) is 5.18. The molecule has 1 aromatic rings. The second-order valence-corrected chi connectivity index (χ2v) is 5.85. The maximum atomic E-state index is 10.8. The van der Waals surface area contributed by atoms with E-state index in [1.165, 1.54) is 24.0 Å². The zero-order chi connectivity index (χ0) is 14.5. The lowest BCUT2D eigenvalue weighted by Crippen LogP contribution is -2.41. The molecule has 2 unspecified atom stereocenters. The summed E-state index contributed by atoms with van der Waals surface area (Å²) >= 11 is 0. The molecule has 0 radical (unpaired) electrons. The molecule has 0 spiro atoms. The number of piperidine rings is 1. The number of rotatable bonds is 5. The number of aliphatic carboxylic acids is 1. The molecule has 0 saturated carbocycles. The van der Waals surface area contributed by atoms with Crippen LogP contribution in [0.5, 0.6) is 0 Å². The fraction of sp³-hybridized carbons (Fsp3) is 0.588. The van der Waals surface area contributed by atoms with Gasteiger partial charge < -0.3 is 5.11 Å². The molecule has 0 amide bonds. The number of hydrogen-bond acceptors (Lipinski definition) is 2. The van der Waals surface area contributed by atoms with Gasteiger partial charge in [0, 0.05) is 18.5 Å². The normalized spacial score (nSPS) is 21.6. The average Bonchev–Trinajstić information content (AvgIpc) is 2.45. The fourth-order valence-corrected chi connectivity index (χ4v) is 3.37. The second kappa shape index (κ2) is 6.89. The molecular formula is C17H25NO2. The number of carbonyl (C=O) groups is 1. The molecule has 0 bridgehead atoms. The highest BCUT2D eigenvalue weighted by molar-refractivity contribution is 5.66. The molecule has 110 valence electrons. The number of carboxylic acids is 1. The molecule has 3 nitrogen and oxygen atoms in total. The SMILES string of the molecule is Cc1ccccc1C(C)N1CCCCC1CCC(=O)O. The zero-order valence-corrected chi connectivity index (χ0v) is 12.5. The molecule has 1 saturated heterocycles. The van der Waals surface area contributed by atoms with E-state index in [2.05, 4.69) is 43.0 Å². The van der Waals surface area contributed by atoms with Crippen molar-refractivity contribution in [1.82, 2.24) is 4.90 Å². The summed E-state index contributed by atoms with van der Waals surface area (Å²) in [5, 5.41) is 8.91. The Labute approximate surface area is 121 Å². The van der Waals surface area contributed by atoms with Gasteiger partial charge in [0.15, 0.2) is 0 Å². The molecule has 0 aliphatic carbocycles. The second-order valence-electron chi connectivity index (χ2n) is 5.85. The van der Waals surface area contributed by atoms with Gasteiger partial charge in [-0.3, -0.25) is 9.69 Å². The molecule has 1 aliphatic rings. The van der Waals surface area contributed by atoms with Gasteiger partial charge in [0.2, 0.25) is 0 Å². The summed E-state index contributed by atoms with van der Waals surface area (Å²) in [6.07, 6.45) is 4.62. The van der Waals surface area contributed by atoms with Gasteiger partial charge in [0.05, 0.1) is 0 Å². The molecule has 3 heteroatoms. The maximum Gasteiger partial charge on any atom is 0.303 e. The highest BCUT2D eigenvalue weighted by Crippen LogP contribution is 2.31. The monoisotopic (exact) mass is 275 g/mol. The molecule has 0 aromatic heterocycles. The topological polar surface area (TPSA) is 40.5 Å². The van der Waals surface area contributed by atoms with Crippen LogP contribution >= 0.6 is 0 Å². The van der Waals surface area contributed by atoms with Crippen LogP contribution in [0.25, 0.3) is 0 Å². The first-order valence-electron chi connectivity index (χ1n) is 7.62. The van der Waals surface area contributed by atoms with Gasteiger partial charge in [-0.2, -0.15) is 0 Å². The summed E-state index contributed by atoms with van der Waals surface area (Å²) in [6, 6.07) is 9.30. The summed E-state index contributed by atoms with van der Waals surface area (Å²) in [5.74, 6) is -0.681. The highest BCUT2D eigenvalue weighted by Gasteiger charge is 2.28. The Morgan fingerprint density at radius 2 is 2.15 bits per heavy atom. The van der Waals surface area contributed by atoms with E-state index in [-0.39, 0.29) is 6.42 Å². The van der Waals surface area contributed by atoms with Crippen LogP contribution in [0, 0.1) is 6.92 Å². The van der Waals surface area contributed by atoms with Gasteiger partial charge in [-0.25, -0.2) is 0 Å². The summed E-state index contributed by atoms with van der Waals surface area (Å²) < 4.78 is 0. The fourth-order valence-electron chi connectivity index (χ4n) is 3.37. The predicted molar refractivity (Wildman–Crippen MR) is 80.8 cm³/mol. The minimum absolute atomic E-state index is 0.279. The third-order valence-electron chi connectivity index (χ3n) is 4.50. The Morgan fingerprint density at radius 1 is 1.40 bits per heavy atom. The maximum absolute atomic E-state index is 10.8. The highest BCUT2D eigenvalue weighted by atomic mass is 16.4. The van der Waals surface area contributed by atoms with Crippen molar-refractivity contribution in [2.75, 3.05) is 6.54 Å². The largest absolute Gasteiger partial charge is 0.481 e. The van der Waals surface area contributed by atoms with E-state index in [1.807, 2.05) is 0 Å². The summed E-state index contributed by atoms with van der Waals surface area (Å²) in [4.78, 5) is 13.3. The minimum Gasteiger partial charge on any atom is -0.481 e. The number of nitrogens with zero attached hydrogens (tertiary/aromatic N) is 1. The third-order valence-corrected chi connectivity index (χ3v) is 4.50. The summed E-state index contributed by atoms with van der Waals surface area (Å²) in [6.45, 7) is 5.49. The Morgan fingerprint density at radius 3 is 2.85 bits per heavy atom. The first-order chi connectivity index (χ1) is 9.59. The lowest BCUT2D eigenvalue weighted by Gasteiger charge is -2.40. The zero-order valence-electron chi connectivity index (χ0n) is 12.5. The first-order valence-corrected chi connectivity index (χ1v) is 7.62. The van der Waals surface area contributed by atoms with Crippen LogP contribution in [-0.4, -0.2) is 28.6 Å². The molecule has 1 fully saturated rings. The van der Waals surface area contributed by atoms with Crippen molar-refractivity contribution in [2.24, 2.45) is 0 Å². The molecular weight excluding hydrogens is 250 g/mol. The minimum atomic E-state index is -0.681. The van der Waals surface area contributed by atoms with Crippen molar-refractivity contribution in [3.05, 3.63) is 35.4 Å². The van der Waals surface area contributed by atoms with Crippen molar-refractivity contribution >= 4 is 5.97 Å². The van der Waals surface area contributed by atoms with Crippen LogP contribution in [0.2, 0.25) is 0 Å². The molecule has 1 aromatic carbocycles. The number of likely N-dealkylation sites (tertiary alicyclic amines) is 1. The van der Waals surface area contributed by atoms with E-state index in [4.69, 9.17) is 5.11 Å². The first kappa shape index (κ1) is 15.0. The number of aryl methyl sites for hydroxylation is 1. The lowest BCUT2D eigenvalue weighted by molar-refractivity contribution is -0.137. The van der Waals surface area contributed by atoms with E-state index in [0.717, 1.165) is 19.4 Å². The molecule has 1 heterocycles. The molecule has 1 aliphatic heterocycles. The summed E-state index contributed by atoms with van der Waals surface area (Å²) in [5.41, 5.74) is 2.69. The van der Waals surface area contributed by atoms with Crippen LogP contribution in [-0.2, 0) is 4.79 Å². The van der Waals surface area contributed by atoms with Gasteiger partial charge in [0.25, 0.3) is 0 Å². The van der Waals surface area contributed by atoms with Crippen LogP contribution in [0.1, 0.15) is 56.2 Å². The number of hydrogen-bond donors (Lipinski definition) is 1. The van der Waals surface area contributed by atoms with Crippen molar-refractivity contribution in [2.45, 2.75) is 58.0 Å². The summed E-state index contributed by atoms with van der Waals surface area (Å²) in [7, 11) is 0. The average molecular weight is 275 g/mol. The Balaban J connectivity index is 2.10. The molecule has 2 atom stereocenters. The van der Waals surface area contributed by atoms with Crippen LogP contribution < -0.4 is 0 Å². The standard InChI is InChI=1S/C17H25NO2/c1-13-7-3-4-9-16(13)14(2)18-12-6-5-8-15(18)10-11-17(19)20/h3-4,7,9,14-15H,5-6,8,10-12H2,1-2H3,(H,19,20). The van der Waals surface area contributed by atoms with Gasteiger partial charge in [-0.1, -0.05) is 30.7 Å².